The number of piperidine rings is 1. The van der Waals surface area contributed by atoms with E-state index in [1.165, 1.54) is 31.5 Å². The minimum Gasteiger partial charge on any atom is -0.325 e. The second-order valence-electron chi connectivity index (χ2n) is 6.18. The summed E-state index contributed by atoms with van der Waals surface area (Å²) in [6.07, 6.45) is 4.28. The van der Waals surface area contributed by atoms with Crippen molar-refractivity contribution in [1.82, 2.24) is 9.88 Å². The van der Waals surface area contributed by atoms with Crippen molar-refractivity contribution in [3.63, 3.8) is 0 Å². The van der Waals surface area contributed by atoms with Gasteiger partial charge in [0.2, 0.25) is 0 Å². The second kappa shape index (κ2) is 5.37. The normalized spacial score (nSPS) is 19.1. The SMILES string of the molecule is CC(C)(C)N1CCC(c2cccnc2CN)CC1. The highest BCUT2D eigenvalue weighted by Gasteiger charge is 2.28. The van der Waals surface area contributed by atoms with Crippen molar-refractivity contribution in [2.45, 2.75) is 51.6 Å². The van der Waals surface area contributed by atoms with E-state index in [0.29, 0.717) is 12.5 Å². The molecule has 2 heterocycles. The van der Waals surface area contributed by atoms with Gasteiger partial charge in [0.15, 0.2) is 0 Å². The summed E-state index contributed by atoms with van der Waals surface area (Å²) >= 11 is 0. The fourth-order valence-electron chi connectivity index (χ4n) is 2.85. The summed E-state index contributed by atoms with van der Waals surface area (Å²) in [6.45, 7) is 9.78. The standard InChI is InChI=1S/C15H25N3/c1-15(2,3)18-9-6-12(7-10-18)13-5-4-8-17-14(13)11-16/h4-5,8,12H,6-7,9-11,16H2,1-3H3. The number of likely N-dealkylation sites (tertiary alicyclic amines) is 1. The molecule has 0 aliphatic carbocycles. The molecule has 1 fully saturated rings. The van der Waals surface area contributed by atoms with E-state index in [1.54, 1.807) is 0 Å². The summed E-state index contributed by atoms with van der Waals surface area (Å²) in [4.78, 5) is 6.97. The van der Waals surface area contributed by atoms with Gasteiger partial charge in [0.1, 0.15) is 0 Å². The van der Waals surface area contributed by atoms with Gasteiger partial charge in [-0.05, 0) is 64.3 Å². The third kappa shape index (κ3) is 2.90. The first-order chi connectivity index (χ1) is 8.52. The largest absolute Gasteiger partial charge is 0.325 e. The summed E-state index contributed by atoms with van der Waals surface area (Å²) in [5.41, 5.74) is 8.51. The lowest BCUT2D eigenvalue weighted by molar-refractivity contribution is 0.102. The number of hydrogen-bond acceptors (Lipinski definition) is 3. The Morgan fingerprint density at radius 1 is 1.33 bits per heavy atom. The molecule has 1 aliphatic heterocycles. The summed E-state index contributed by atoms with van der Waals surface area (Å²) < 4.78 is 0. The molecule has 0 radical (unpaired) electrons. The molecule has 0 bridgehead atoms. The Morgan fingerprint density at radius 3 is 2.56 bits per heavy atom. The molecule has 3 nitrogen and oxygen atoms in total. The molecule has 1 aromatic rings. The highest BCUT2D eigenvalue weighted by Crippen LogP contribution is 2.31. The molecule has 0 aromatic carbocycles. The van der Waals surface area contributed by atoms with E-state index in [4.69, 9.17) is 5.73 Å². The van der Waals surface area contributed by atoms with Gasteiger partial charge in [-0.1, -0.05) is 6.07 Å². The maximum Gasteiger partial charge on any atom is 0.0574 e. The van der Waals surface area contributed by atoms with E-state index in [0.717, 1.165) is 5.69 Å². The zero-order valence-corrected chi connectivity index (χ0v) is 11.8. The van der Waals surface area contributed by atoms with Gasteiger partial charge in [-0.15, -0.1) is 0 Å². The van der Waals surface area contributed by atoms with Gasteiger partial charge in [-0.3, -0.25) is 9.88 Å². The van der Waals surface area contributed by atoms with Crippen molar-refractivity contribution in [3.05, 3.63) is 29.6 Å². The lowest BCUT2D eigenvalue weighted by Gasteiger charge is -2.41. The van der Waals surface area contributed by atoms with Crippen molar-refractivity contribution in [2.24, 2.45) is 5.73 Å². The highest BCUT2D eigenvalue weighted by molar-refractivity contribution is 5.24. The van der Waals surface area contributed by atoms with E-state index in [9.17, 15) is 0 Å². The monoisotopic (exact) mass is 247 g/mol. The van der Waals surface area contributed by atoms with Gasteiger partial charge in [0, 0.05) is 18.3 Å². The molecule has 100 valence electrons. The zero-order chi connectivity index (χ0) is 13.2. The first-order valence-electron chi connectivity index (χ1n) is 6.91. The van der Waals surface area contributed by atoms with Crippen molar-refractivity contribution in [2.75, 3.05) is 13.1 Å². The average Bonchev–Trinajstić information content (AvgIpc) is 2.38. The van der Waals surface area contributed by atoms with Gasteiger partial charge in [-0.25, -0.2) is 0 Å². The van der Waals surface area contributed by atoms with Gasteiger partial charge < -0.3 is 5.73 Å². The predicted molar refractivity (Wildman–Crippen MR) is 75.4 cm³/mol. The van der Waals surface area contributed by atoms with Crippen LogP contribution in [0.5, 0.6) is 0 Å². The Bertz CT molecular complexity index is 387. The molecule has 0 unspecified atom stereocenters. The Labute approximate surface area is 110 Å². The van der Waals surface area contributed by atoms with Gasteiger partial charge in [0.25, 0.3) is 0 Å². The lowest BCUT2D eigenvalue weighted by atomic mass is 9.86. The maximum absolute atomic E-state index is 5.78. The van der Waals surface area contributed by atoms with Crippen LogP contribution in [0.1, 0.15) is 50.8 Å². The molecular formula is C15H25N3. The van der Waals surface area contributed by atoms with Crippen molar-refractivity contribution >= 4 is 0 Å². The predicted octanol–water partition coefficient (Wildman–Crippen LogP) is 2.52. The van der Waals surface area contributed by atoms with Crippen molar-refractivity contribution in [1.29, 1.82) is 0 Å². The highest BCUT2D eigenvalue weighted by atomic mass is 15.2. The Hall–Kier alpha value is -0.930. The van der Waals surface area contributed by atoms with Crippen LogP contribution in [0.2, 0.25) is 0 Å². The van der Waals surface area contributed by atoms with Crippen LogP contribution < -0.4 is 5.73 Å². The van der Waals surface area contributed by atoms with E-state index in [-0.39, 0.29) is 5.54 Å². The van der Waals surface area contributed by atoms with Crippen LogP contribution in [-0.4, -0.2) is 28.5 Å². The van der Waals surface area contributed by atoms with Gasteiger partial charge in [-0.2, -0.15) is 0 Å². The Kier molecular flexibility index (Phi) is 4.03. The van der Waals surface area contributed by atoms with Crippen LogP contribution in [0.4, 0.5) is 0 Å². The first-order valence-corrected chi connectivity index (χ1v) is 6.91. The summed E-state index contributed by atoms with van der Waals surface area (Å²) in [7, 11) is 0. The number of nitrogens with zero attached hydrogens (tertiary/aromatic N) is 2. The minimum atomic E-state index is 0.288. The van der Waals surface area contributed by atoms with Crippen molar-refractivity contribution < 1.29 is 0 Å². The number of pyridine rings is 1. The molecule has 3 heteroatoms. The van der Waals surface area contributed by atoms with Gasteiger partial charge in [0.05, 0.1) is 5.69 Å². The minimum absolute atomic E-state index is 0.288. The van der Waals surface area contributed by atoms with Crippen LogP contribution >= 0.6 is 0 Å². The second-order valence-corrected chi connectivity index (χ2v) is 6.18. The quantitative estimate of drug-likeness (QED) is 0.873. The number of nitrogens with two attached hydrogens (primary N) is 1. The Morgan fingerprint density at radius 2 is 2.00 bits per heavy atom. The molecule has 1 aromatic heterocycles. The van der Waals surface area contributed by atoms with E-state index in [1.807, 2.05) is 12.3 Å². The average molecular weight is 247 g/mol. The molecule has 0 spiro atoms. The zero-order valence-electron chi connectivity index (χ0n) is 11.8. The summed E-state index contributed by atoms with van der Waals surface area (Å²) in [6, 6.07) is 4.23. The van der Waals surface area contributed by atoms with Crippen LogP contribution in [0.15, 0.2) is 18.3 Å². The van der Waals surface area contributed by atoms with Crippen LogP contribution in [0.25, 0.3) is 0 Å². The van der Waals surface area contributed by atoms with E-state index < -0.39 is 0 Å². The van der Waals surface area contributed by atoms with Crippen LogP contribution in [-0.2, 0) is 6.54 Å². The number of aromatic nitrogens is 1. The van der Waals surface area contributed by atoms with Gasteiger partial charge >= 0.3 is 0 Å². The molecule has 2 N–H and O–H groups in total. The molecule has 1 aliphatic rings. The molecule has 1 saturated heterocycles. The smallest absolute Gasteiger partial charge is 0.0574 e. The first kappa shape index (κ1) is 13.5. The topological polar surface area (TPSA) is 42.2 Å². The molecule has 0 saturated carbocycles. The third-order valence-electron chi connectivity index (χ3n) is 4.00. The fraction of sp³-hybridized carbons (Fsp3) is 0.667. The molecule has 0 amide bonds. The summed E-state index contributed by atoms with van der Waals surface area (Å²) in [5.74, 6) is 0.635. The molecule has 0 atom stereocenters. The molecule has 2 rings (SSSR count). The fourth-order valence-corrected chi connectivity index (χ4v) is 2.85. The maximum atomic E-state index is 5.78. The number of rotatable bonds is 2. The Balaban J connectivity index is 2.06. The van der Waals surface area contributed by atoms with Crippen LogP contribution in [0.3, 0.4) is 0 Å². The van der Waals surface area contributed by atoms with Crippen molar-refractivity contribution in [3.8, 4) is 0 Å². The third-order valence-corrected chi connectivity index (χ3v) is 4.00. The van der Waals surface area contributed by atoms with E-state index >= 15 is 0 Å². The van der Waals surface area contributed by atoms with E-state index in [2.05, 4.69) is 36.7 Å². The molecular weight excluding hydrogens is 222 g/mol. The lowest BCUT2D eigenvalue weighted by Crippen LogP contribution is -2.45. The van der Waals surface area contributed by atoms with Crippen LogP contribution in [0, 0.1) is 0 Å². The molecule has 18 heavy (non-hydrogen) atoms. The summed E-state index contributed by atoms with van der Waals surface area (Å²) in [5, 5.41) is 0. The number of hydrogen-bond donors (Lipinski definition) is 1.